The third kappa shape index (κ3) is 7.34. The highest BCUT2D eigenvalue weighted by atomic mass is 19.1. The number of benzene rings is 2. The summed E-state index contributed by atoms with van der Waals surface area (Å²) < 4.78 is 18.7. The number of nitrogens with one attached hydrogen (secondary N) is 1. The van der Waals surface area contributed by atoms with Crippen LogP contribution in [0.25, 0.3) is 0 Å². The van der Waals surface area contributed by atoms with Crippen molar-refractivity contribution in [1.29, 1.82) is 0 Å². The first-order valence-electron chi connectivity index (χ1n) is 11.2. The Morgan fingerprint density at radius 3 is 2.41 bits per heavy atom. The third-order valence-corrected chi connectivity index (χ3v) is 5.37. The van der Waals surface area contributed by atoms with Crippen LogP contribution in [0.1, 0.15) is 36.2 Å². The molecule has 0 atom stereocenters. The number of amides is 2. The monoisotopic (exact) mass is 441 g/mol. The Morgan fingerprint density at radius 2 is 1.72 bits per heavy atom. The maximum absolute atomic E-state index is 13.1. The van der Waals surface area contributed by atoms with E-state index in [1.807, 2.05) is 38.1 Å². The summed E-state index contributed by atoms with van der Waals surface area (Å²) in [5.41, 5.74) is 1.63. The van der Waals surface area contributed by atoms with Crippen molar-refractivity contribution in [2.75, 3.05) is 39.3 Å². The van der Waals surface area contributed by atoms with Gasteiger partial charge in [-0.3, -0.25) is 14.5 Å². The molecule has 7 heteroatoms. The van der Waals surface area contributed by atoms with E-state index in [0.29, 0.717) is 38.3 Å². The van der Waals surface area contributed by atoms with Gasteiger partial charge in [-0.25, -0.2) is 4.39 Å². The highest BCUT2D eigenvalue weighted by Crippen LogP contribution is 2.14. The van der Waals surface area contributed by atoms with Crippen molar-refractivity contribution >= 4 is 11.8 Å². The average Bonchev–Trinajstić information content (AvgIpc) is 3.00. The van der Waals surface area contributed by atoms with Crippen LogP contribution in [0, 0.1) is 5.82 Å². The zero-order valence-corrected chi connectivity index (χ0v) is 18.9. The van der Waals surface area contributed by atoms with Gasteiger partial charge in [0.05, 0.1) is 12.6 Å². The summed E-state index contributed by atoms with van der Waals surface area (Å²) in [5.74, 6) is 0.386. The molecule has 1 fully saturated rings. The zero-order valence-electron chi connectivity index (χ0n) is 18.9. The molecule has 32 heavy (non-hydrogen) atoms. The van der Waals surface area contributed by atoms with Crippen molar-refractivity contribution < 1.29 is 18.7 Å². The molecule has 3 rings (SSSR count). The van der Waals surface area contributed by atoms with Crippen molar-refractivity contribution in [3.05, 3.63) is 65.5 Å². The molecule has 2 aromatic rings. The van der Waals surface area contributed by atoms with E-state index >= 15 is 0 Å². The van der Waals surface area contributed by atoms with E-state index in [0.717, 1.165) is 30.7 Å². The number of hydrogen-bond acceptors (Lipinski definition) is 4. The maximum atomic E-state index is 13.1. The lowest BCUT2D eigenvalue weighted by Gasteiger charge is -2.22. The van der Waals surface area contributed by atoms with E-state index in [-0.39, 0.29) is 23.7 Å². The van der Waals surface area contributed by atoms with Gasteiger partial charge in [-0.1, -0.05) is 12.1 Å². The summed E-state index contributed by atoms with van der Waals surface area (Å²) in [6.45, 7) is 7.46. The van der Waals surface area contributed by atoms with Gasteiger partial charge in [0.2, 0.25) is 5.91 Å². The van der Waals surface area contributed by atoms with Gasteiger partial charge in [-0.15, -0.1) is 0 Å². The summed E-state index contributed by atoms with van der Waals surface area (Å²) >= 11 is 0. The number of rotatable bonds is 8. The summed E-state index contributed by atoms with van der Waals surface area (Å²) in [6, 6.07) is 13.6. The topological polar surface area (TPSA) is 61.9 Å². The third-order valence-electron chi connectivity index (χ3n) is 5.37. The molecular weight excluding hydrogens is 409 g/mol. The molecule has 1 saturated heterocycles. The Kier molecular flexibility index (Phi) is 8.62. The molecule has 0 spiro atoms. The fourth-order valence-electron chi connectivity index (χ4n) is 3.72. The lowest BCUT2D eigenvalue weighted by molar-refractivity contribution is -0.122. The lowest BCUT2D eigenvalue weighted by Crippen LogP contribution is -2.40. The molecule has 1 heterocycles. The molecular formula is C25H32FN3O3. The van der Waals surface area contributed by atoms with E-state index in [4.69, 9.17) is 4.74 Å². The zero-order chi connectivity index (χ0) is 22.9. The number of carbonyl (C=O) groups is 2. The minimum atomic E-state index is -0.355. The molecule has 6 nitrogen and oxygen atoms in total. The number of hydrogen-bond donors (Lipinski definition) is 1. The normalized spacial score (nSPS) is 14.8. The molecule has 1 aliphatic rings. The van der Waals surface area contributed by atoms with Gasteiger partial charge < -0.3 is 15.0 Å². The van der Waals surface area contributed by atoms with Gasteiger partial charge in [-0.05, 0) is 68.7 Å². The summed E-state index contributed by atoms with van der Waals surface area (Å²) in [4.78, 5) is 28.9. The van der Waals surface area contributed by atoms with Crippen LogP contribution in [0.3, 0.4) is 0 Å². The lowest BCUT2D eigenvalue weighted by atomic mass is 10.1. The van der Waals surface area contributed by atoms with Crippen LogP contribution in [-0.2, 0) is 11.2 Å². The Hall–Kier alpha value is -2.93. The van der Waals surface area contributed by atoms with Crippen LogP contribution < -0.4 is 10.1 Å². The second-order valence-corrected chi connectivity index (χ2v) is 8.34. The van der Waals surface area contributed by atoms with Crippen molar-refractivity contribution in [3.8, 4) is 5.75 Å². The molecule has 0 radical (unpaired) electrons. The quantitative estimate of drug-likeness (QED) is 0.684. The minimum Gasteiger partial charge on any atom is -0.491 e. The molecule has 0 aromatic heterocycles. The summed E-state index contributed by atoms with van der Waals surface area (Å²) in [7, 11) is 0. The molecule has 172 valence electrons. The molecule has 0 saturated carbocycles. The molecule has 0 bridgehead atoms. The number of halogens is 1. The predicted octanol–water partition coefficient (Wildman–Crippen LogP) is 3.12. The van der Waals surface area contributed by atoms with Gasteiger partial charge in [0, 0.05) is 38.3 Å². The van der Waals surface area contributed by atoms with Gasteiger partial charge in [0.15, 0.2) is 0 Å². The van der Waals surface area contributed by atoms with Crippen LogP contribution in [0.2, 0.25) is 0 Å². The fourth-order valence-corrected chi connectivity index (χ4v) is 3.72. The van der Waals surface area contributed by atoms with Crippen LogP contribution in [0.5, 0.6) is 5.75 Å². The second-order valence-electron chi connectivity index (χ2n) is 8.34. The van der Waals surface area contributed by atoms with Crippen LogP contribution in [-0.4, -0.2) is 67.0 Å². The SMILES string of the molecule is CC(C)Oc1ccc(CCNC(=O)CN2CCCN(C(=O)c3ccc(F)cc3)CC2)cc1. The van der Waals surface area contributed by atoms with Gasteiger partial charge >= 0.3 is 0 Å². The average molecular weight is 442 g/mol. The highest BCUT2D eigenvalue weighted by molar-refractivity contribution is 5.94. The van der Waals surface area contributed by atoms with Crippen LogP contribution in [0.4, 0.5) is 4.39 Å². The molecule has 1 aliphatic heterocycles. The Balaban J connectivity index is 1.39. The number of carbonyl (C=O) groups excluding carboxylic acids is 2. The van der Waals surface area contributed by atoms with Crippen molar-refractivity contribution in [3.63, 3.8) is 0 Å². The smallest absolute Gasteiger partial charge is 0.253 e. The Bertz CT molecular complexity index is 884. The maximum Gasteiger partial charge on any atom is 0.253 e. The van der Waals surface area contributed by atoms with Crippen molar-refractivity contribution in [1.82, 2.24) is 15.1 Å². The molecule has 0 aliphatic carbocycles. The minimum absolute atomic E-state index is 0.0110. The molecule has 0 unspecified atom stereocenters. The standard InChI is InChI=1S/C25H32FN3O3/c1-19(2)32-23-10-4-20(5-11-23)12-13-27-24(30)18-28-14-3-15-29(17-16-28)25(31)21-6-8-22(26)9-7-21/h4-11,19H,3,12-18H2,1-2H3,(H,27,30). The number of nitrogens with zero attached hydrogens (tertiary/aromatic N) is 2. The molecule has 2 aromatic carbocycles. The van der Waals surface area contributed by atoms with Crippen LogP contribution >= 0.6 is 0 Å². The first-order chi connectivity index (χ1) is 15.4. The predicted molar refractivity (Wildman–Crippen MR) is 122 cm³/mol. The van der Waals surface area contributed by atoms with Gasteiger partial charge in [0.25, 0.3) is 5.91 Å². The van der Waals surface area contributed by atoms with E-state index < -0.39 is 0 Å². The highest BCUT2D eigenvalue weighted by Gasteiger charge is 2.21. The van der Waals surface area contributed by atoms with E-state index in [1.165, 1.54) is 24.3 Å². The van der Waals surface area contributed by atoms with E-state index in [9.17, 15) is 14.0 Å². The Labute approximate surface area is 189 Å². The van der Waals surface area contributed by atoms with Crippen LogP contribution in [0.15, 0.2) is 48.5 Å². The molecule has 2 amide bonds. The van der Waals surface area contributed by atoms with Crippen molar-refractivity contribution in [2.24, 2.45) is 0 Å². The van der Waals surface area contributed by atoms with E-state index in [1.54, 1.807) is 4.90 Å². The first kappa shape index (κ1) is 23.7. The largest absolute Gasteiger partial charge is 0.491 e. The summed E-state index contributed by atoms with van der Waals surface area (Å²) in [5, 5.41) is 2.98. The Morgan fingerprint density at radius 1 is 1.00 bits per heavy atom. The van der Waals surface area contributed by atoms with Crippen molar-refractivity contribution in [2.45, 2.75) is 32.8 Å². The van der Waals surface area contributed by atoms with Gasteiger partial charge in [0.1, 0.15) is 11.6 Å². The summed E-state index contributed by atoms with van der Waals surface area (Å²) in [6.07, 6.45) is 1.70. The first-order valence-corrected chi connectivity index (χ1v) is 11.2. The van der Waals surface area contributed by atoms with Gasteiger partial charge in [-0.2, -0.15) is 0 Å². The fraction of sp³-hybridized carbons (Fsp3) is 0.440. The number of ether oxygens (including phenoxy) is 1. The molecule has 1 N–H and O–H groups in total. The van der Waals surface area contributed by atoms with E-state index in [2.05, 4.69) is 10.2 Å². The second kappa shape index (κ2) is 11.6.